The van der Waals surface area contributed by atoms with Crippen LogP contribution in [0.1, 0.15) is 45.2 Å². The summed E-state index contributed by atoms with van der Waals surface area (Å²) >= 11 is 9.76. The molecule has 4 rings (SSSR count). The van der Waals surface area contributed by atoms with Crippen LogP contribution in [0.2, 0.25) is 23.2 Å². The summed E-state index contributed by atoms with van der Waals surface area (Å²) in [4.78, 5) is 31.7. The number of sulfone groups is 1. The Morgan fingerprint density at radius 3 is 2.48 bits per heavy atom. The van der Waals surface area contributed by atoms with E-state index < -0.39 is 29.4 Å². The average Bonchev–Trinajstić information content (AvgIpc) is 3.28. The molecule has 2 aromatic carbocycles. The van der Waals surface area contributed by atoms with Crippen LogP contribution >= 0.6 is 27.5 Å². The van der Waals surface area contributed by atoms with E-state index in [0.717, 1.165) is 34.1 Å². The van der Waals surface area contributed by atoms with Gasteiger partial charge in [-0.1, -0.05) is 55.2 Å². The second kappa shape index (κ2) is 11.5. The van der Waals surface area contributed by atoms with Gasteiger partial charge >= 0.3 is 5.69 Å². The first-order valence-corrected chi connectivity index (χ1v) is 19.1. The van der Waals surface area contributed by atoms with E-state index >= 15 is 0 Å². The molecule has 12 heteroatoms. The number of hydrogen-bond acceptors (Lipinski definition) is 6. The molecule has 40 heavy (non-hydrogen) atoms. The Kier molecular flexibility index (Phi) is 8.96. The molecule has 1 N–H and O–H groups in total. The molecule has 1 aliphatic heterocycles. The summed E-state index contributed by atoms with van der Waals surface area (Å²) in [5.41, 5.74) is 0.564. The maximum Gasteiger partial charge on any atom is 0.329 e. The molecule has 1 aromatic heterocycles. The summed E-state index contributed by atoms with van der Waals surface area (Å²) in [7, 11) is -5.44. The topological polar surface area (TPSA) is 101 Å². The van der Waals surface area contributed by atoms with Crippen molar-refractivity contribution in [1.82, 2.24) is 14.5 Å². The van der Waals surface area contributed by atoms with Crippen LogP contribution < -0.4 is 11.2 Å². The van der Waals surface area contributed by atoms with Gasteiger partial charge in [0.05, 0.1) is 34.2 Å². The quantitative estimate of drug-likeness (QED) is 0.316. The zero-order chi connectivity index (χ0) is 29.6. The van der Waals surface area contributed by atoms with Crippen LogP contribution in [0.5, 0.6) is 0 Å². The molecule has 2 heterocycles. The predicted molar refractivity (Wildman–Crippen MR) is 167 cm³/mol. The number of hydrogen-bond donors (Lipinski definition) is 1. The number of nitrogens with zero attached hydrogens (tertiary/aromatic N) is 2. The first-order valence-electron chi connectivity index (χ1n) is 13.4. The fourth-order valence-electron chi connectivity index (χ4n) is 4.76. The summed E-state index contributed by atoms with van der Waals surface area (Å²) in [5.74, 6) is -0.111. The molecule has 1 aliphatic rings. The summed E-state index contributed by atoms with van der Waals surface area (Å²) in [5, 5.41) is 0.804. The van der Waals surface area contributed by atoms with E-state index in [0.29, 0.717) is 28.0 Å². The third-order valence-corrected chi connectivity index (χ3v) is 15.4. The lowest BCUT2D eigenvalue weighted by Crippen LogP contribution is -2.44. The second-order valence-electron chi connectivity index (χ2n) is 12.0. The van der Waals surface area contributed by atoms with E-state index in [1.54, 1.807) is 13.0 Å². The molecule has 1 saturated heterocycles. The van der Waals surface area contributed by atoms with Crippen molar-refractivity contribution in [3.8, 4) is 0 Å². The summed E-state index contributed by atoms with van der Waals surface area (Å²) < 4.78 is 33.7. The van der Waals surface area contributed by atoms with E-state index in [1.807, 2.05) is 6.07 Å². The Morgan fingerprint density at radius 2 is 1.82 bits per heavy atom. The number of aromatic amines is 1. The van der Waals surface area contributed by atoms with Crippen LogP contribution in [0.25, 0.3) is 10.9 Å². The maximum absolute atomic E-state index is 13.5. The molecule has 0 radical (unpaired) electrons. The molecule has 0 spiro atoms. The standard InChI is InChI=1S/C28H37BrClN3O5SSi/c1-7-39(36,37)25-9-8-20(30)12-19(25)16-33-26(34)22-14-23(29)18(13-24(22)31-27(33)35)15-32-11-10-21(17-32)38-40(5,6)28(2,3)4/h8-9,12-14,21H,7,10-11,15-17H2,1-6H3,(H,31,35). The molecule has 1 fully saturated rings. The van der Waals surface area contributed by atoms with Crippen LogP contribution in [0, 0.1) is 0 Å². The minimum Gasteiger partial charge on any atom is -0.413 e. The minimum atomic E-state index is -3.58. The van der Waals surface area contributed by atoms with Crippen molar-refractivity contribution < 1.29 is 12.8 Å². The van der Waals surface area contributed by atoms with E-state index in [-0.39, 0.29) is 28.3 Å². The lowest BCUT2D eigenvalue weighted by Gasteiger charge is -2.38. The maximum atomic E-state index is 13.5. The van der Waals surface area contributed by atoms with Gasteiger partial charge in [0.15, 0.2) is 18.2 Å². The second-order valence-corrected chi connectivity index (χ2v) is 20.3. The summed E-state index contributed by atoms with van der Waals surface area (Å²) in [6.45, 7) is 15.0. The largest absolute Gasteiger partial charge is 0.413 e. The van der Waals surface area contributed by atoms with Gasteiger partial charge in [0.2, 0.25) is 0 Å². The van der Waals surface area contributed by atoms with E-state index in [2.05, 4.69) is 59.7 Å². The number of halogens is 2. The van der Waals surface area contributed by atoms with Crippen LogP contribution in [0.3, 0.4) is 0 Å². The van der Waals surface area contributed by atoms with Crippen molar-refractivity contribution in [2.24, 2.45) is 0 Å². The zero-order valence-electron chi connectivity index (χ0n) is 23.8. The van der Waals surface area contributed by atoms with Crippen LogP contribution in [0.15, 0.2) is 49.3 Å². The number of benzene rings is 2. The van der Waals surface area contributed by atoms with Gasteiger partial charge in [-0.05, 0) is 66.0 Å². The predicted octanol–water partition coefficient (Wildman–Crippen LogP) is 5.54. The van der Waals surface area contributed by atoms with Crippen LogP contribution in [-0.4, -0.2) is 56.1 Å². The molecule has 8 nitrogen and oxygen atoms in total. The summed E-state index contributed by atoms with van der Waals surface area (Å²) in [6, 6.07) is 7.95. The van der Waals surface area contributed by atoms with Gasteiger partial charge in [-0.2, -0.15) is 0 Å². The highest BCUT2D eigenvalue weighted by Crippen LogP contribution is 2.38. The monoisotopic (exact) mass is 669 g/mol. The Morgan fingerprint density at radius 1 is 1.12 bits per heavy atom. The SMILES string of the molecule is CCS(=O)(=O)c1ccc(Cl)cc1Cn1c(=O)[nH]c2cc(CN3CCC(O[Si](C)(C)C(C)(C)C)C3)c(Br)cc2c1=O. The van der Waals surface area contributed by atoms with E-state index in [1.165, 1.54) is 18.2 Å². The Hall–Kier alpha value is -1.76. The molecule has 0 aliphatic carbocycles. The van der Waals surface area contributed by atoms with Crippen molar-refractivity contribution in [3.05, 3.63) is 71.8 Å². The molecule has 218 valence electrons. The summed E-state index contributed by atoms with van der Waals surface area (Å²) in [6.07, 6.45) is 1.17. The van der Waals surface area contributed by atoms with Gasteiger partial charge in [0.25, 0.3) is 5.56 Å². The number of fused-ring (bicyclic) bond motifs is 1. The molecule has 0 bridgehead atoms. The smallest absolute Gasteiger partial charge is 0.329 e. The van der Waals surface area contributed by atoms with Gasteiger partial charge < -0.3 is 9.41 Å². The van der Waals surface area contributed by atoms with Crippen LogP contribution in [-0.2, 0) is 27.4 Å². The molecule has 0 saturated carbocycles. The zero-order valence-corrected chi connectivity index (χ0v) is 28.0. The minimum absolute atomic E-state index is 0.0591. The van der Waals surface area contributed by atoms with Gasteiger partial charge in [-0.3, -0.25) is 14.3 Å². The molecular weight excluding hydrogens is 634 g/mol. The third-order valence-electron chi connectivity index (χ3n) is 8.11. The Balaban J connectivity index is 1.61. The number of nitrogens with one attached hydrogen (secondary N) is 1. The van der Waals surface area contributed by atoms with Crippen molar-refractivity contribution in [2.45, 2.75) is 76.3 Å². The van der Waals surface area contributed by atoms with Gasteiger partial charge in [0, 0.05) is 29.1 Å². The van der Waals surface area contributed by atoms with E-state index in [9.17, 15) is 18.0 Å². The highest BCUT2D eigenvalue weighted by Gasteiger charge is 2.40. The molecule has 1 unspecified atom stereocenters. The number of likely N-dealkylation sites (tertiary alicyclic amines) is 1. The van der Waals surface area contributed by atoms with Gasteiger partial charge in [0.1, 0.15) is 0 Å². The molecule has 0 amide bonds. The highest BCUT2D eigenvalue weighted by atomic mass is 79.9. The lowest BCUT2D eigenvalue weighted by molar-refractivity contribution is 0.179. The first-order chi connectivity index (χ1) is 18.5. The third kappa shape index (κ3) is 6.49. The van der Waals surface area contributed by atoms with Gasteiger partial charge in [-0.15, -0.1) is 0 Å². The van der Waals surface area contributed by atoms with Crippen molar-refractivity contribution in [2.75, 3.05) is 18.8 Å². The van der Waals surface area contributed by atoms with Crippen LogP contribution in [0.4, 0.5) is 0 Å². The fourth-order valence-corrected chi connectivity index (χ4v) is 7.91. The number of aromatic nitrogens is 2. The first kappa shape index (κ1) is 31.2. The van der Waals surface area contributed by atoms with Crippen molar-refractivity contribution in [3.63, 3.8) is 0 Å². The Bertz CT molecular complexity index is 1660. The Labute approximate surface area is 249 Å². The lowest BCUT2D eigenvalue weighted by atomic mass is 10.1. The molecule has 3 aromatic rings. The van der Waals surface area contributed by atoms with Crippen molar-refractivity contribution in [1.29, 1.82) is 0 Å². The molecular formula is C28H37BrClN3O5SSi. The fraction of sp³-hybridized carbons (Fsp3) is 0.500. The molecule has 1 atom stereocenters. The number of H-pyrrole nitrogens is 1. The van der Waals surface area contributed by atoms with Gasteiger partial charge in [-0.25, -0.2) is 13.2 Å². The highest BCUT2D eigenvalue weighted by molar-refractivity contribution is 9.10. The van der Waals surface area contributed by atoms with E-state index in [4.69, 9.17) is 16.0 Å². The number of rotatable bonds is 8. The average molecular weight is 671 g/mol. The normalized spacial score (nSPS) is 17.1. The van der Waals surface area contributed by atoms with Crippen molar-refractivity contribution >= 4 is 56.6 Å².